The third-order valence-electron chi connectivity index (χ3n) is 5.46. The van der Waals surface area contributed by atoms with Crippen LogP contribution in [-0.4, -0.2) is 26.7 Å². The normalized spacial score (nSPS) is 10.8. The van der Waals surface area contributed by atoms with Crippen LogP contribution >= 0.6 is 0 Å². The summed E-state index contributed by atoms with van der Waals surface area (Å²) in [6, 6.07) is 17.5. The molecule has 1 N–H and O–H groups in total. The van der Waals surface area contributed by atoms with E-state index >= 15 is 0 Å². The number of aromatic hydroxyl groups is 1. The monoisotopic (exact) mass is 437 g/mol. The summed E-state index contributed by atoms with van der Waals surface area (Å²) in [6.45, 7) is 12.2. The van der Waals surface area contributed by atoms with E-state index in [0.717, 1.165) is 22.3 Å². The zero-order valence-corrected chi connectivity index (χ0v) is 19.4. The van der Waals surface area contributed by atoms with E-state index < -0.39 is 0 Å². The lowest BCUT2D eigenvalue weighted by Crippen LogP contribution is -2.02. The van der Waals surface area contributed by atoms with Gasteiger partial charge >= 0.3 is 0 Å². The van der Waals surface area contributed by atoms with Crippen molar-refractivity contribution in [3.8, 4) is 45.7 Å². The number of aromatic nitrogens is 3. The molecule has 5 nitrogen and oxygen atoms in total. The molecular weight excluding hydrogens is 410 g/mol. The molecular formula is C28H27N3O2. The molecule has 1 aromatic heterocycles. The lowest BCUT2D eigenvalue weighted by molar-refractivity contribution is 0.360. The number of rotatable bonds is 6. The van der Waals surface area contributed by atoms with E-state index in [-0.39, 0.29) is 5.75 Å². The maximum atomic E-state index is 10.7. The van der Waals surface area contributed by atoms with Gasteiger partial charge in [0.1, 0.15) is 18.1 Å². The van der Waals surface area contributed by atoms with E-state index in [1.54, 1.807) is 24.3 Å². The number of hydrogen-bond donors (Lipinski definition) is 1. The van der Waals surface area contributed by atoms with Crippen molar-refractivity contribution in [1.82, 2.24) is 15.0 Å². The summed E-state index contributed by atoms with van der Waals surface area (Å²) < 4.78 is 5.54. The molecule has 0 fully saturated rings. The number of hydrogen-bond acceptors (Lipinski definition) is 5. The van der Waals surface area contributed by atoms with Crippen molar-refractivity contribution in [2.75, 3.05) is 6.61 Å². The molecule has 0 unspecified atom stereocenters. The fourth-order valence-electron chi connectivity index (χ4n) is 3.81. The summed E-state index contributed by atoms with van der Waals surface area (Å²) >= 11 is 0. The van der Waals surface area contributed by atoms with Crippen LogP contribution in [0.1, 0.15) is 22.3 Å². The standard InChI is InChI=1S/C28H27N3O2/c1-6-13-33-21-9-12-24(25(32)16-21)28-30-26(22-10-7-17(2)14-19(22)4)29-27(31-28)23-11-8-18(3)15-20(23)5/h6-12,14-16,32H,1,13H2,2-5H3. The predicted molar refractivity (Wildman–Crippen MR) is 132 cm³/mol. The highest BCUT2D eigenvalue weighted by Crippen LogP contribution is 2.34. The number of nitrogens with zero attached hydrogens (tertiary/aromatic N) is 3. The van der Waals surface area contributed by atoms with Crippen molar-refractivity contribution >= 4 is 0 Å². The Hall–Kier alpha value is -3.99. The van der Waals surface area contributed by atoms with Gasteiger partial charge in [-0.3, -0.25) is 0 Å². The van der Waals surface area contributed by atoms with Crippen LogP contribution in [-0.2, 0) is 0 Å². The quantitative estimate of drug-likeness (QED) is 0.355. The number of benzene rings is 3. The van der Waals surface area contributed by atoms with E-state index in [0.29, 0.717) is 35.4 Å². The Kier molecular flexibility index (Phi) is 6.22. The Labute approximate surface area is 194 Å². The molecule has 0 spiro atoms. The van der Waals surface area contributed by atoms with Gasteiger partial charge in [-0.15, -0.1) is 0 Å². The predicted octanol–water partition coefficient (Wildman–Crippen LogP) is 6.38. The molecule has 0 radical (unpaired) electrons. The van der Waals surface area contributed by atoms with Crippen molar-refractivity contribution in [3.05, 3.63) is 89.5 Å². The van der Waals surface area contributed by atoms with Gasteiger partial charge in [-0.25, -0.2) is 15.0 Å². The lowest BCUT2D eigenvalue weighted by Gasteiger charge is -2.13. The number of aryl methyl sites for hydroxylation is 4. The first kappa shape index (κ1) is 22.2. The summed E-state index contributed by atoms with van der Waals surface area (Å²) in [4.78, 5) is 14.3. The molecule has 0 amide bonds. The highest BCUT2D eigenvalue weighted by Gasteiger charge is 2.17. The number of ether oxygens (including phenoxy) is 1. The molecule has 0 aliphatic rings. The van der Waals surface area contributed by atoms with E-state index in [1.165, 1.54) is 11.1 Å². The van der Waals surface area contributed by atoms with Crippen LogP contribution in [0.4, 0.5) is 0 Å². The van der Waals surface area contributed by atoms with Gasteiger partial charge in [-0.1, -0.05) is 60.2 Å². The topological polar surface area (TPSA) is 68.1 Å². The minimum atomic E-state index is 0.0425. The van der Waals surface area contributed by atoms with Crippen molar-refractivity contribution in [1.29, 1.82) is 0 Å². The van der Waals surface area contributed by atoms with E-state index in [1.807, 2.05) is 38.1 Å². The fraction of sp³-hybridized carbons (Fsp3) is 0.179. The zero-order valence-electron chi connectivity index (χ0n) is 19.4. The van der Waals surface area contributed by atoms with E-state index in [2.05, 4.69) is 32.6 Å². The van der Waals surface area contributed by atoms with Gasteiger partial charge in [0.2, 0.25) is 0 Å². The molecule has 4 rings (SSSR count). The third-order valence-corrected chi connectivity index (χ3v) is 5.46. The summed E-state index contributed by atoms with van der Waals surface area (Å²) in [5.74, 6) is 2.13. The summed E-state index contributed by atoms with van der Waals surface area (Å²) in [5, 5.41) is 10.7. The first-order valence-corrected chi connectivity index (χ1v) is 10.8. The highest BCUT2D eigenvalue weighted by molar-refractivity contribution is 5.72. The van der Waals surface area contributed by atoms with Gasteiger partial charge in [-0.2, -0.15) is 0 Å². The molecule has 0 bridgehead atoms. The Balaban J connectivity index is 1.90. The average molecular weight is 438 g/mol. The molecule has 4 aromatic rings. The maximum Gasteiger partial charge on any atom is 0.167 e. The molecule has 0 saturated carbocycles. The van der Waals surface area contributed by atoms with Crippen LogP contribution in [0.15, 0.2) is 67.3 Å². The summed E-state index contributed by atoms with van der Waals surface area (Å²) in [7, 11) is 0. The first-order chi connectivity index (χ1) is 15.9. The van der Waals surface area contributed by atoms with Crippen LogP contribution in [0.2, 0.25) is 0 Å². The van der Waals surface area contributed by atoms with Crippen molar-refractivity contribution in [2.45, 2.75) is 27.7 Å². The van der Waals surface area contributed by atoms with Gasteiger partial charge in [0, 0.05) is 17.2 Å². The first-order valence-electron chi connectivity index (χ1n) is 10.8. The zero-order chi connectivity index (χ0) is 23.5. The summed E-state index contributed by atoms with van der Waals surface area (Å²) in [6.07, 6.45) is 1.66. The fourth-order valence-corrected chi connectivity index (χ4v) is 3.81. The lowest BCUT2D eigenvalue weighted by atomic mass is 10.0. The van der Waals surface area contributed by atoms with Gasteiger partial charge in [0.05, 0.1) is 5.56 Å². The Morgan fingerprint density at radius 1 is 0.727 bits per heavy atom. The molecule has 33 heavy (non-hydrogen) atoms. The van der Waals surface area contributed by atoms with Gasteiger partial charge in [0.25, 0.3) is 0 Å². The second-order valence-electron chi connectivity index (χ2n) is 8.22. The SMILES string of the molecule is C=CCOc1ccc(-c2nc(-c3ccc(C)cc3C)nc(-c3ccc(C)cc3C)n2)c(O)c1. The molecule has 1 heterocycles. The van der Waals surface area contributed by atoms with Crippen molar-refractivity contribution in [2.24, 2.45) is 0 Å². The molecule has 0 aliphatic heterocycles. The molecule has 0 aliphatic carbocycles. The van der Waals surface area contributed by atoms with E-state index in [9.17, 15) is 5.11 Å². The Morgan fingerprint density at radius 2 is 1.21 bits per heavy atom. The number of phenols is 1. The van der Waals surface area contributed by atoms with Crippen LogP contribution < -0.4 is 4.74 Å². The second-order valence-corrected chi connectivity index (χ2v) is 8.22. The molecule has 5 heteroatoms. The van der Waals surface area contributed by atoms with Crippen molar-refractivity contribution < 1.29 is 9.84 Å². The van der Waals surface area contributed by atoms with Crippen LogP contribution in [0.25, 0.3) is 34.2 Å². The van der Waals surface area contributed by atoms with Gasteiger partial charge < -0.3 is 9.84 Å². The van der Waals surface area contributed by atoms with E-state index in [4.69, 9.17) is 19.7 Å². The third kappa shape index (κ3) is 4.77. The Morgan fingerprint density at radius 3 is 1.67 bits per heavy atom. The maximum absolute atomic E-state index is 10.7. The molecule has 0 saturated heterocycles. The summed E-state index contributed by atoms with van der Waals surface area (Å²) in [5.41, 5.74) is 6.88. The molecule has 0 atom stereocenters. The van der Waals surface area contributed by atoms with Crippen LogP contribution in [0.3, 0.4) is 0 Å². The minimum Gasteiger partial charge on any atom is -0.507 e. The second kappa shape index (κ2) is 9.25. The van der Waals surface area contributed by atoms with Crippen LogP contribution in [0, 0.1) is 27.7 Å². The Bertz CT molecular complexity index is 1280. The van der Waals surface area contributed by atoms with Gasteiger partial charge in [-0.05, 0) is 51.0 Å². The number of phenolic OH excluding ortho intramolecular Hbond substituents is 1. The molecule has 3 aromatic carbocycles. The molecule has 166 valence electrons. The van der Waals surface area contributed by atoms with Gasteiger partial charge in [0.15, 0.2) is 17.5 Å². The highest BCUT2D eigenvalue weighted by atomic mass is 16.5. The minimum absolute atomic E-state index is 0.0425. The largest absolute Gasteiger partial charge is 0.507 e. The van der Waals surface area contributed by atoms with Crippen molar-refractivity contribution in [3.63, 3.8) is 0 Å². The smallest absolute Gasteiger partial charge is 0.167 e. The average Bonchev–Trinajstić information content (AvgIpc) is 2.77. The van der Waals surface area contributed by atoms with Crippen LogP contribution in [0.5, 0.6) is 11.5 Å².